The highest BCUT2D eigenvalue weighted by atomic mass is 35.5. The quantitative estimate of drug-likeness (QED) is 0.146. The summed E-state index contributed by atoms with van der Waals surface area (Å²) < 4.78 is 0. The second-order valence-electron chi connectivity index (χ2n) is 8.38. The van der Waals surface area contributed by atoms with Gasteiger partial charge in [0.05, 0.1) is 12.7 Å². The normalized spacial score (nSPS) is 12.5. The summed E-state index contributed by atoms with van der Waals surface area (Å²) in [6.45, 7) is 3.11. The van der Waals surface area contributed by atoms with Gasteiger partial charge in [0.25, 0.3) is 0 Å². The van der Waals surface area contributed by atoms with E-state index >= 15 is 0 Å². The lowest BCUT2D eigenvalue weighted by molar-refractivity contribution is -0.0684. The van der Waals surface area contributed by atoms with E-state index in [-0.39, 0.29) is 32.1 Å². The minimum atomic E-state index is -1.40. The van der Waals surface area contributed by atoms with Crippen molar-refractivity contribution in [2.45, 2.75) is 122 Å². The molecule has 0 aromatic heterocycles. The van der Waals surface area contributed by atoms with Crippen LogP contribution in [0, 0.1) is 0 Å². The Hall–Kier alpha value is 0.0900. The molecule has 0 aliphatic carbocycles. The summed E-state index contributed by atoms with van der Waals surface area (Å²) in [5.74, 6) is 0. The molecule has 0 aliphatic heterocycles. The third-order valence-corrected chi connectivity index (χ3v) is 5.43. The summed E-state index contributed by atoms with van der Waals surface area (Å²) in [5, 5.41) is 36.7. The van der Waals surface area contributed by atoms with Crippen molar-refractivity contribution in [1.29, 1.82) is 0 Å². The number of rotatable bonds is 22. The fourth-order valence-corrected chi connectivity index (χ4v) is 3.73. The highest BCUT2D eigenvalue weighted by Gasteiger charge is 2.13. The smallest absolute Gasteiger partial charge is 0.164 e. The van der Waals surface area contributed by atoms with Crippen LogP contribution >= 0.6 is 12.4 Å². The van der Waals surface area contributed by atoms with Crippen molar-refractivity contribution < 1.29 is 20.4 Å². The van der Waals surface area contributed by atoms with E-state index in [0.717, 1.165) is 19.4 Å². The number of hydrogen-bond acceptors (Lipinski definition) is 5. The first-order valence-corrected chi connectivity index (χ1v) is 12.0. The first-order chi connectivity index (χ1) is 13.6. The predicted molar refractivity (Wildman–Crippen MR) is 125 cm³/mol. The molecule has 0 fully saturated rings. The molecule has 0 aromatic rings. The van der Waals surface area contributed by atoms with Crippen molar-refractivity contribution >= 4 is 12.4 Å². The van der Waals surface area contributed by atoms with Crippen LogP contribution in [0.15, 0.2) is 0 Å². The second-order valence-corrected chi connectivity index (χ2v) is 8.38. The molecule has 0 rings (SSSR count). The summed E-state index contributed by atoms with van der Waals surface area (Å²) in [4.78, 5) is 1.81. The van der Waals surface area contributed by atoms with Crippen molar-refractivity contribution in [3.63, 3.8) is 0 Å². The summed E-state index contributed by atoms with van der Waals surface area (Å²) in [6, 6.07) is 0. The van der Waals surface area contributed by atoms with E-state index in [1.54, 1.807) is 0 Å². The first kappa shape index (κ1) is 31.3. The monoisotopic (exact) mass is 439 g/mol. The van der Waals surface area contributed by atoms with Crippen LogP contribution in [-0.2, 0) is 0 Å². The maximum Gasteiger partial charge on any atom is 0.164 e. The lowest BCUT2D eigenvalue weighted by Gasteiger charge is -2.25. The van der Waals surface area contributed by atoms with Gasteiger partial charge in [0.2, 0.25) is 0 Å². The van der Waals surface area contributed by atoms with Crippen LogP contribution < -0.4 is 0 Å². The molecular weight excluding hydrogens is 390 g/mol. The molecule has 0 heterocycles. The number of halogens is 1. The van der Waals surface area contributed by atoms with E-state index in [4.69, 9.17) is 15.3 Å². The molecule has 1 atom stereocenters. The molecule has 0 aliphatic rings. The molecule has 0 saturated carbocycles. The maximum atomic E-state index is 9.52. The molecule has 29 heavy (non-hydrogen) atoms. The molecule has 0 aromatic carbocycles. The lowest BCUT2D eigenvalue weighted by atomic mass is 10.0. The summed E-state index contributed by atoms with van der Waals surface area (Å²) in [5.41, 5.74) is 0. The minimum Gasteiger partial charge on any atom is -0.394 e. The Morgan fingerprint density at radius 1 is 0.586 bits per heavy atom. The second kappa shape index (κ2) is 24.4. The molecule has 0 bridgehead atoms. The molecule has 0 spiro atoms. The maximum absolute atomic E-state index is 9.52. The number of aliphatic hydroxyl groups excluding tert-OH is 3. The Kier molecular flexibility index (Phi) is 26.3. The third-order valence-electron chi connectivity index (χ3n) is 5.43. The fourth-order valence-electron chi connectivity index (χ4n) is 3.73. The van der Waals surface area contributed by atoms with Crippen molar-refractivity contribution in [2.24, 2.45) is 0 Å². The minimum absolute atomic E-state index is 0. The average Bonchev–Trinajstić information content (AvgIpc) is 2.66. The van der Waals surface area contributed by atoms with Crippen LogP contribution in [-0.4, -0.2) is 64.0 Å². The van der Waals surface area contributed by atoms with E-state index in [9.17, 15) is 5.11 Å². The zero-order valence-corrected chi connectivity index (χ0v) is 19.8. The number of unbranched alkanes of at least 4 members (excludes halogenated alkanes) is 15. The van der Waals surface area contributed by atoms with Crippen molar-refractivity contribution in [3.05, 3.63) is 0 Å². The van der Waals surface area contributed by atoms with Gasteiger partial charge < -0.3 is 20.4 Å². The predicted octanol–water partition coefficient (Wildman–Crippen LogP) is 4.64. The van der Waals surface area contributed by atoms with Gasteiger partial charge in [-0.15, -0.1) is 12.4 Å². The Labute approximate surface area is 186 Å². The molecule has 0 amide bonds. The molecule has 0 radical (unpaired) electrons. The van der Waals surface area contributed by atoms with E-state index in [1.807, 2.05) is 4.90 Å². The Morgan fingerprint density at radius 3 is 1.31 bits per heavy atom. The first-order valence-electron chi connectivity index (χ1n) is 12.0. The van der Waals surface area contributed by atoms with Crippen LogP contribution in [0.3, 0.4) is 0 Å². The Balaban J connectivity index is 0. The highest BCUT2D eigenvalue weighted by molar-refractivity contribution is 5.85. The van der Waals surface area contributed by atoms with Crippen molar-refractivity contribution in [3.8, 4) is 0 Å². The standard InChI is InChI=1S/C23H49NO4.ClH/c1-2-3-4-5-6-7-8-9-10-11-12-13-14-15-16-17-18-24(20-23(27)28)19-22(26)21-25;/h22-23,25-28H,2-21H2,1H3;1H. The average molecular weight is 440 g/mol. The topological polar surface area (TPSA) is 84.2 Å². The van der Waals surface area contributed by atoms with E-state index in [2.05, 4.69) is 6.92 Å². The largest absolute Gasteiger partial charge is 0.394 e. The SMILES string of the molecule is CCCCCCCCCCCCCCCCCCN(CC(O)O)CC(O)CO.Cl. The van der Waals surface area contributed by atoms with E-state index in [1.165, 1.54) is 89.9 Å². The molecule has 1 unspecified atom stereocenters. The van der Waals surface area contributed by atoms with Gasteiger partial charge in [-0.3, -0.25) is 4.90 Å². The van der Waals surface area contributed by atoms with Gasteiger partial charge in [-0.1, -0.05) is 103 Å². The van der Waals surface area contributed by atoms with Gasteiger partial charge in [-0.25, -0.2) is 0 Å². The molecule has 178 valence electrons. The Bertz CT molecular complexity index is 309. The summed E-state index contributed by atoms with van der Waals surface area (Å²) in [6.07, 6.45) is 19.1. The lowest BCUT2D eigenvalue weighted by Crippen LogP contribution is -2.39. The van der Waals surface area contributed by atoms with Crippen LogP contribution in [0.1, 0.15) is 110 Å². The van der Waals surface area contributed by atoms with Gasteiger partial charge in [0.1, 0.15) is 0 Å². The third kappa shape index (κ3) is 24.2. The zero-order chi connectivity index (χ0) is 20.9. The van der Waals surface area contributed by atoms with Crippen molar-refractivity contribution in [2.75, 3.05) is 26.2 Å². The van der Waals surface area contributed by atoms with Crippen LogP contribution in [0.2, 0.25) is 0 Å². The van der Waals surface area contributed by atoms with E-state index < -0.39 is 12.4 Å². The molecule has 0 saturated heterocycles. The van der Waals surface area contributed by atoms with Crippen molar-refractivity contribution in [1.82, 2.24) is 4.90 Å². The highest BCUT2D eigenvalue weighted by Crippen LogP contribution is 2.14. The number of aliphatic hydroxyl groups is 4. The van der Waals surface area contributed by atoms with Gasteiger partial charge in [0.15, 0.2) is 6.29 Å². The molecule has 4 N–H and O–H groups in total. The molecule has 5 nitrogen and oxygen atoms in total. The van der Waals surface area contributed by atoms with Crippen LogP contribution in [0.25, 0.3) is 0 Å². The molecule has 6 heteroatoms. The van der Waals surface area contributed by atoms with Crippen LogP contribution in [0.4, 0.5) is 0 Å². The zero-order valence-electron chi connectivity index (χ0n) is 18.9. The summed E-state index contributed by atoms with van der Waals surface area (Å²) >= 11 is 0. The number of nitrogens with zero attached hydrogens (tertiary/aromatic N) is 1. The van der Waals surface area contributed by atoms with Gasteiger partial charge in [-0.05, 0) is 13.0 Å². The van der Waals surface area contributed by atoms with Gasteiger partial charge in [-0.2, -0.15) is 0 Å². The summed E-state index contributed by atoms with van der Waals surface area (Å²) in [7, 11) is 0. The molecular formula is C23H50ClNO4. The van der Waals surface area contributed by atoms with Gasteiger partial charge in [0, 0.05) is 13.1 Å². The van der Waals surface area contributed by atoms with E-state index in [0.29, 0.717) is 0 Å². The fraction of sp³-hybridized carbons (Fsp3) is 1.00. The van der Waals surface area contributed by atoms with Gasteiger partial charge >= 0.3 is 0 Å². The Morgan fingerprint density at radius 2 is 0.966 bits per heavy atom. The van der Waals surface area contributed by atoms with Crippen LogP contribution in [0.5, 0.6) is 0 Å². The number of hydrogen-bond donors (Lipinski definition) is 4.